The lowest BCUT2D eigenvalue weighted by Crippen LogP contribution is -2.07. The lowest BCUT2D eigenvalue weighted by molar-refractivity contribution is -0.114. The smallest absolute Gasteiger partial charge is 0.221 e. The Bertz CT molecular complexity index is 986. The van der Waals surface area contributed by atoms with Crippen LogP contribution in [-0.4, -0.2) is 32.2 Å². The Balaban J connectivity index is 1.68. The van der Waals surface area contributed by atoms with E-state index in [2.05, 4.69) is 15.5 Å². The van der Waals surface area contributed by atoms with Crippen LogP contribution < -0.4 is 5.32 Å². The van der Waals surface area contributed by atoms with Crippen LogP contribution in [0, 0.1) is 6.92 Å². The third-order valence-electron chi connectivity index (χ3n) is 3.81. The van der Waals surface area contributed by atoms with Crippen molar-refractivity contribution in [1.29, 1.82) is 0 Å². The number of benzene rings is 2. The molecule has 2 aromatic carbocycles. The van der Waals surface area contributed by atoms with Gasteiger partial charge in [0, 0.05) is 23.2 Å². The van der Waals surface area contributed by atoms with Crippen LogP contribution in [-0.2, 0) is 4.79 Å². The van der Waals surface area contributed by atoms with E-state index >= 15 is 0 Å². The summed E-state index contributed by atoms with van der Waals surface area (Å²) < 4.78 is 1.79. The van der Waals surface area contributed by atoms with Crippen LogP contribution in [0.5, 0.6) is 0 Å². The molecule has 0 saturated carbocycles. The van der Waals surface area contributed by atoms with E-state index in [1.165, 1.54) is 18.7 Å². The van der Waals surface area contributed by atoms with E-state index < -0.39 is 0 Å². The van der Waals surface area contributed by atoms with E-state index in [-0.39, 0.29) is 17.4 Å². The number of halogens is 1. The van der Waals surface area contributed by atoms with Crippen molar-refractivity contribution in [1.82, 2.24) is 14.8 Å². The van der Waals surface area contributed by atoms with Crippen molar-refractivity contribution in [2.45, 2.75) is 19.0 Å². The molecule has 0 aliphatic rings. The number of rotatable bonds is 6. The van der Waals surface area contributed by atoms with E-state index in [4.69, 9.17) is 11.6 Å². The SMILES string of the molecule is CC(=O)Nc1ccc(C(=O)CSc2nncn2-c2ccc(C)c(Cl)c2)cc1. The first-order valence-electron chi connectivity index (χ1n) is 8.14. The number of Topliss-reactive ketones (excluding diaryl/α,β-unsaturated/α-hetero) is 1. The fourth-order valence-corrected chi connectivity index (χ4v) is 3.39. The Hall–Kier alpha value is -2.64. The first-order valence-corrected chi connectivity index (χ1v) is 9.50. The Morgan fingerprint density at radius 2 is 1.93 bits per heavy atom. The summed E-state index contributed by atoms with van der Waals surface area (Å²) >= 11 is 7.50. The molecule has 0 unspecified atom stereocenters. The quantitative estimate of drug-likeness (QED) is 0.496. The molecule has 1 heterocycles. The molecular formula is C19H17ClN4O2S. The summed E-state index contributed by atoms with van der Waals surface area (Å²) in [6, 6.07) is 12.5. The Morgan fingerprint density at radius 1 is 1.19 bits per heavy atom. The number of carbonyl (C=O) groups excluding carboxylic acids is 2. The summed E-state index contributed by atoms with van der Waals surface area (Å²) in [7, 11) is 0. The van der Waals surface area contributed by atoms with Crippen LogP contribution in [0.2, 0.25) is 5.02 Å². The minimum absolute atomic E-state index is 0.0362. The van der Waals surface area contributed by atoms with Crippen LogP contribution in [0.4, 0.5) is 5.69 Å². The van der Waals surface area contributed by atoms with E-state index in [1.54, 1.807) is 35.2 Å². The molecule has 0 atom stereocenters. The van der Waals surface area contributed by atoms with E-state index in [0.29, 0.717) is 21.4 Å². The molecule has 3 rings (SSSR count). The molecule has 1 aromatic heterocycles. The van der Waals surface area contributed by atoms with Crippen LogP contribution >= 0.6 is 23.4 Å². The fourth-order valence-electron chi connectivity index (χ4n) is 2.39. The number of thioether (sulfide) groups is 1. The van der Waals surface area contributed by atoms with Gasteiger partial charge in [-0.3, -0.25) is 14.2 Å². The van der Waals surface area contributed by atoms with Gasteiger partial charge in [0.1, 0.15) is 6.33 Å². The molecule has 0 radical (unpaired) electrons. The summed E-state index contributed by atoms with van der Waals surface area (Å²) in [6.07, 6.45) is 1.59. The van der Waals surface area contributed by atoms with Gasteiger partial charge in [-0.2, -0.15) is 0 Å². The number of carbonyl (C=O) groups is 2. The molecule has 0 saturated heterocycles. The number of aromatic nitrogens is 3. The van der Waals surface area contributed by atoms with Gasteiger partial charge in [0.15, 0.2) is 10.9 Å². The zero-order chi connectivity index (χ0) is 19.4. The molecule has 0 spiro atoms. The second kappa shape index (κ2) is 8.37. The zero-order valence-electron chi connectivity index (χ0n) is 14.8. The lowest BCUT2D eigenvalue weighted by Gasteiger charge is -2.08. The van der Waals surface area contributed by atoms with Gasteiger partial charge >= 0.3 is 0 Å². The molecule has 0 fully saturated rings. The number of hydrogen-bond donors (Lipinski definition) is 1. The molecule has 3 aromatic rings. The molecule has 8 heteroatoms. The van der Waals surface area contributed by atoms with Crippen molar-refractivity contribution in [3.8, 4) is 5.69 Å². The third kappa shape index (κ3) is 4.75. The molecule has 1 N–H and O–H groups in total. The standard InChI is InChI=1S/C19H17ClN4O2S/c1-12-3-8-16(9-17(12)20)24-11-21-23-19(24)27-10-18(26)14-4-6-15(7-5-14)22-13(2)25/h3-9,11H,10H2,1-2H3,(H,22,25). The minimum Gasteiger partial charge on any atom is -0.326 e. The number of aryl methyl sites for hydroxylation is 1. The first kappa shape index (κ1) is 19.1. The van der Waals surface area contributed by atoms with E-state index in [0.717, 1.165) is 11.3 Å². The maximum absolute atomic E-state index is 12.4. The molecule has 0 aliphatic carbocycles. The monoisotopic (exact) mass is 400 g/mol. The van der Waals surface area contributed by atoms with Gasteiger partial charge < -0.3 is 5.32 Å². The summed E-state index contributed by atoms with van der Waals surface area (Å²) in [5, 5.41) is 12.0. The van der Waals surface area contributed by atoms with Gasteiger partial charge in [-0.05, 0) is 48.9 Å². The number of hydrogen-bond acceptors (Lipinski definition) is 5. The molecule has 27 heavy (non-hydrogen) atoms. The molecular weight excluding hydrogens is 384 g/mol. The molecule has 138 valence electrons. The summed E-state index contributed by atoms with van der Waals surface area (Å²) in [5.74, 6) is 0.0312. The van der Waals surface area contributed by atoms with Crippen molar-refractivity contribution in [2.24, 2.45) is 0 Å². The van der Waals surface area contributed by atoms with Gasteiger partial charge in [-0.15, -0.1) is 10.2 Å². The highest BCUT2D eigenvalue weighted by Crippen LogP contribution is 2.24. The second-order valence-electron chi connectivity index (χ2n) is 5.89. The Labute approximate surface area is 165 Å². The number of anilines is 1. The zero-order valence-corrected chi connectivity index (χ0v) is 16.3. The minimum atomic E-state index is -0.153. The van der Waals surface area contributed by atoms with Crippen molar-refractivity contribution in [2.75, 3.05) is 11.1 Å². The molecule has 1 amide bonds. The lowest BCUT2D eigenvalue weighted by atomic mass is 10.1. The van der Waals surface area contributed by atoms with E-state index in [1.807, 2.05) is 25.1 Å². The molecule has 0 aliphatic heterocycles. The fraction of sp³-hybridized carbons (Fsp3) is 0.158. The maximum atomic E-state index is 12.4. The van der Waals surface area contributed by atoms with Gasteiger partial charge in [-0.25, -0.2) is 0 Å². The summed E-state index contributed by atoms with van der Waals surface area (Å²) in [5.41, 5.74) is 3.05. The van der Waals surface area contributed by atoms with Gasteiger partial charge in [0.2, 0.25) is 5.91 Å². The predicted octanol–water partition coefficient (Wildman–Crippen LogP) is 4.16. The van der Waals surface area contributed by atoms with Crippen molar-refractivity contribution in [3.05, 3.63) is 64.9 Å². The van der Waals surface area contributed by atoms with Crippen molar-refractivity contribution < 1.29 is 9.59 Å². The maximum Gasteiger partial charge on any atom is 0.221 e. The second-order valence-corrected chi connectivity index (χ2v) is 7.24. The number of nitrogens with zero attached hydrogens (tertiary/aromatic N) is 3. The van der Waals surface area contributed by atoms with Crippen LogP contribution in [0.15, 0.2) is 53.9 Å². The van der Waals surface area contributed by atoms with Crippen molar-refractivity contribution >= 4 is 40.7 Å². The van der Waals surface area contributed by atoms with Gasteiger partial charge in [0.25, 0.3) is 0 Å². The normalized spacial score (nSPS) is 10.6. The van der Waals surface area contributed by atoms with E-state index in [9.17, 15) is 9.59 Å². The Kier molecular flexibility index (Phi) is 5.93. The summed E-state index contributed by atoms with van der Waals surface area (Å²) in [4.78, 5) is 23.5. The third-order valence-corrected chi connectivity index (χ3v) is 5.16. The average molecular weight is 401 g/mol. The van der Waals surface area contributed by atoms with Crippen LogP contribution in [0.25, 0.3) is 5.69 Å². The van der Waals surface area contributed by atoms with Gasteiger partial charge in [0.05, 0.1) is 11.4 Å². The highest BCUT2D eigenvalue weighted by atomic mass is 35.5. The predicted molar refractivity (Wildman–Crippen MR) is 107 cm³/mol. The van der Waals surface area contributed by atoms with Crippen molar-refractivity contribution in [3.63, 3.8) is 0 Å². The molecule has 6 nitrogen and oxygen atoms in total. The number of ketones is 1. The highest BCUT2D eigenvalue weighted by Gasteiger charge is 2.12. The largest absolute Gasteiger partial charge is 0.326 e. The first-order chi connectivity index (χ1) is 12.9. The molecule has 0 bridgehead atoms. The van der Waals surface area contributed by atoms with Gasteiger partial charge in [-0.1, -0.05) is 29.4 Å². The van der Waals surface area contributed by atoms with Crippen LogP contribution in [0.3, 0.4) is 0 Å². The average Bonchev–Trinajstić information content (AvgIpc) is 3.10. The highest BCUT2D eigenvalue weighted by molar-refractivity contribution is 7.99. The Morgan fingerprint density at radius 3 is 2.59 bits per heavy atom. The topological polar surface area (TPSA) is 76.9 Å². The number of nitrogens with one attached hydrogen (secondary N) is 1. The van der Waals surface area contributed by atoms with Crippen LogP contribution in [0.1, 0.15) is 22.8 Å². The number of amides is 1. The summed E-state index contributed by atoms with van der Waals surface area (Å²) in [6.45, 7) is 3.37.